The Kier molecular flexibility index (Phi) is 5.48. The molecule has 0 saturated carbocycles. The van der Waals surface area contributed by atoms with Crippen LogP contribution in [0, 0.1) is 5.92 Å². The fraction of sp³-hybridized carbons (Fsp3) is 0.350. The molecular weight excluding hydrogens is 396 g/mol. The molecule has 1 fully saturated rings. The van der Waals surface area contributed by atoms with Gasteiger partial charge in [-0.15, -0.1) is 11.3 Å². The molecule has 0 spiro atoms. The summed E-state index contributed by atoms with van der Waals surface area (Å²) in [6.45, 7) is 2.22. The van der Waals surface area contributed by atoms with Crippen LogP contribution in [0.15, 0.2) is 34.4 Å². The van der Waals surface area contributed by atoms with Crippen LogP contribution in [0.5, 0.6) is 0 Å². The zero-order valence-corrected chi connectivity index (χ0v) is 17.1. The van der Waals surface area contributed by atoms with E-state index in [2.05, 4.69) is 20.2 Å². The largest absolute Gasteiger partial charge is 0.359 e. The second-order valence-corrected chi connectivity index (χ2v) is 8.31. The standard InChI is InChI=1S/C20H21ClN4O2S/c1-22-18(26)13-6-8-25(9-7-13)10-16-23-19(27)17-15(11-28-20(17)24-16)12-2-4-14(21)5-3-12/h2-5,11,13H,6-10H2,1H3,(H,22,26)(H,23,24,27). The van der Waals surface area contributed by atoms with Crippen molar-refractivity contribution < 1.29 is 4.79 Å². The summed E-state index contributed by atoms with van der Waals surface area (Å²) in [7, 11) is 1.68. The van der Waals surface area contributed by atoms with E-state index in [1.54, 1.807) is 7.05 Å². The lowest BCUT2D eigenvalue weighted by atomic mass is 9.96. The van der Waals surface area contributed by atoms with Crippen molar-refractivity contribution in [2.75, 3.05) is 20.1 Å². The number of piperidine rings is 1. The van der Waals surface area contributed by atoms with Gasteiger partial charge in [-0.1, -0.05) is 23.7 Å². The van der Waals surface area contributed by atoms with Crippen molar-refractivity contribution in [3.63, 3.8) is 0 Å². The predicted octanol–water partition coefficient (Wildman–Crippen LogP) is 3.26. The van der Waals surface area contributed by atoms with Crippen LogP contribution in [0.25, 0.3) is 21.3 Å². The number of thiophene rings is 1. The minimum Gasteiger partial charge on any atom is -0.359 e. The van der Waals surface area contributed by atoms with Crippen LogP contribution in [-0.4, -0.2) is 40.9 Å². The molecule has 0 atom stereocenters. The SMILES string of the molecule is CNC(=O)C1CCN(Cc2nc3scc(-c4ccc(Cl)cc4)c3c(=O)[nH]2)CC1. The summed E-state index contributed by atoms with van der Waals surface area (Å²) in [4.78, 5) is 35.1. The topological polar surface area (TPSA) is 78.1 Å². The number of H-pyrrole nitrogens is 1. The highest BCUT2D eigenvalue weighted by molar-refractivity contribution is 7.17. The van der Waals surface area contributed by atoms with Crippen LogP contribution >= 0.6 is 22.9 Å². The first-order chi connectivity index (χ1) is 13.5. The van der Waals surface area contributed by atoms with E-state index in [1.165, 1.54) is 11.3 Å². The third-order valence-electron chi connectivity index (χ3n) is 5.23. The second kappa shape index (κ2) is 8.03. The Morgan fingerprint density at radius 1 is 1.32 bits per heavy atom. The summed E-state index contributed by atoms with van der Waals surface area (Å²) in [5.74, 6) is 0.858. The van der Waals surface area contributed by atoms with E-state index in [1.807, 2.05) is 29.6 Å². The summed E-state index contributed by atoms with van der Waals surface area (Å²) >= 11 is 7.44. The van der Waals surface area contributed by atoms with E-state index in [0.29, 0.717) is 22.8 Å². The molecule has 0 aliphatic carbocycles. The van der Waals surface area contributed by atoms with Crippen molar-refractivity contribution in [2.45, 2.75) is 19.4 Å². The van der Waals surface area contributed by atoms with E-state index in [4.69, 9.17) is 11.6 Å². The number of aromatic nitrogens is 2. The average Bonchev–Trinajstić information content (AvgIpc) is 3.13. The van der Waals surface area contributed by atoms with Gasteiger partial charge in [0.2, 0.25) is 5.91 Å². The van der Waals surface area contributed by atoms with Gasteiger partial charge in [-0.3, -0.25) is 14.5 Å². The fourth-order valence-corrected chi connectivity index (χ4v) is 4.77. The average molecular weight is 417 g/mol. The van der Waals surface area contributed by atoms with Gasteiger partial charge >= 0.3 is 0 Å². The third-order valence-corrected chi connectivity index (χ3v) is 6.35. The Hall–Kier alpha value is -2.22. The number of carbonyl (C=O) groups is 1. The van der Waals surface area contributed by atoms with Gasteiger partial charge in [-0.2, -0.15) is 0 Å². The fourth-order valence-electron chi connectivity index (χ4n) is 3.68. The molecule has 2 N–H and O–H groups in total. The lowest BCUT2D eigenvalue weighted by Gasteiger charge is -2.30. The molecule has 1 saturated heterocycles. The van der Waals surface area contributed by atoms with E-state index in [0.717, 1.165) is 41.9 Å². The van der Waals surface area contributed by atoms with Crippen molar-refractivity contribution >= 4 is 39.1 Å². The molecule has 28 heavy (non-hydrogen) atoms. The number of likely N-dealkylation sites (tertiary alicyclic amines) is 1. The Labute approximate surface area is 171 Å². The van der Waals surface area contributed by atoms with Crippen molar-refractivity contribution in [3.05, 3.63) is 50.8 Å². The zero-order valence-electron chi connectivity index (χ0n) is 15.5. The van der Waals surface area contributed by atoms with Crippen LogP contribution in [0.2, 0.25) is 5.02 Å². The highest BCUT2D eigenvalue weighted by atomic mass is 35.5. The number of amides is 1. The van der Waals surface area contributed by atoms with E-state index < -0.39 is 0 Å². The number of nitrogens with one attached hydrogen (secondary N) is 2. The quantitative estimate of drug-likeness (QED) is 0.684. The minimum atomic E-state index is -0.119. The van der Waals surface area contributed by atoms with Gasteiger partial charge in [-0.05, 0) is 43.6 Å². The maximum Gasteiger partial charge on any atom is 0.260 e. The molecule has 0 radical (unpaired) electrons. The molecule has 2 aromatic heterocycles. The molecule has 4 rings (SSSR count). The molecule has 8 heteroatoms. The Morgan fingerprint density at radius 3 is 2.71 bits per heavy atom. The molecule has 1 aliphatic heterocycles. The number of fused-ring (bicyclic) bond motifs is 1. The van der Waals surface area contributed by atoms with E-state index in [-0.39, 0.29) is 17.4 Å². The molecule has 1 amide bonds. The number of carbonyl (C=O) groups excluding carboxylic acids is 1. The summed E-state index contributed by atoms with van der Waals surface area (Å²) in [6.07, 6.45) is 1.65. The van der Waals surface area contributed by atoms with Gasteiger partial charge in [0.1, 0.15) is 10.7 Å². The van der Waals surface area contributed by atoms with E-state index >= 15 is 0 Å². The van der Waals surface area contributed by atoms with Crippen LogP contribution in [0.1, 0.15) is 18.7 Å². The highest BCUT2D eigenvalue weighted by Gasteiger charge is 2.24. The molecule has 3 aromatic rings. The van der Waals surface area contributed by atoms with Crippen LogP contribution in [-0.2, 0) is 11.3 Å². The maximum absolute atomic E-state index is 12.8. The lowest BCUT2D eigenvalue weighted by molar-refractivity contribution is -0.125. The number of halogens is 1. The predicted molar refractivity (Wildman–Crippen MR) is 113 cm³/mol. The first-order valence-corrected chi connectivity index (χ1v) is 10.5. The van der Waals surface area contributed by atoms with Crippen LogP contribution in [0.3, 0.4) is 0 Å². The maximum atomic E-state index is 12.8. The summed E-state index contributed by atoms with van der Waals surface area (Å²) in [6, 6.07) is 7.46. The molecule has 0 bridgehead atoms. The van der Waals surface area contributed by atoms with Crippen molar-refractivity contribution in [1.29, 1.82) is 0 Å². The van der Waals surface area contributed by atoms with Crippen molar-refractivity contribution in [1.82, 2.24) is 20.2 Å². The number of hydrogen-bond acceptors (Lipinski definition) is 5. The molecule has 6 nitrogen and oxygen atoms in total. The monoisotopic (exact) mass is 416 g/mol. The smallest absolute Gasteiger partial charge is 0.260 e. The number of rotatable bonds is 4. The molecule has 1 aliphatic rings. The van der Waals surface area contributed by atoms with Gasteiger partial charge in [0.05, 0.1) is 11.9 Å². The summed E-state index contributed by atoms with van der Waals surface area (Å²) in [5.41, 5.74) is 1.71. The number of nitrogens with zero attached hydrogens (tertiary/aromatic N) is 2. The highest BCUT2D eigenvalue weighted by Crippen LogP contribution is 2.31. The van der Waals surface area contributed by atoms with E-state index in [9.17, 15) is 9.59 Å². The van der Waals surface area contributed by atoms with Crippen molar-refractivity contribution in [2.24, 2.45) is 5.92 Å². The Bertz CT molecular complexity index is 1050. The van der Waals surface area contributed by atoms with Gasteiger partial charge in [-0.25, -0.2) is 4.98 Å². The lowest BCUT2D eigenvalue weighted by Crippen LogP contribution is -2.39. The number of benzene rings is 1. The molecular formula is C20H21ClN4O2S. The summed E-state index contributed by atoms with van der Waals surface area (Å²) < 4.78 is 0. The van der Waals surface area contributed by atoms with Gasteiger partial charge < -0.3 is 10.3 Å². The number of hydrogen-bond donors (Lipinski definition) is 2. The van der Waals surface area contributed by atoms with Gasteiger partial charge in [0.15, 0.2) is 0 Å². The van der Waals surface area contributed by atoms with Crippen LogP contribution < -0.4 is 10.9 Å². The molecule has 0 unspecified atom stereocenters. The summed E-state index contributed by atoms with van der Waals surface area (Å²) in [5, 5.41) is 5.97. The minimum absolute atomic E-state index is 0.0787. The zero-order chi connectivity index (χ0) is 19.7. The van der Waals surface area contributed by atoms with Crippen molar-refractivity contribution in [3.8, 4) is 11.1 Å². The van der Waals surface area contributed by atoms with Crippen LogP contribution in [0.4, 0.5) is 0 Å². The first-order valence-electron chi connectivity index (χ1n) is 9.25. The Balaban J connectivity index is 1.54. The first kappa shape index (κ1) is 19.1. The molecule has 3 heterocycles. The number of aromatic amines is 1. The molecule has 1 aromatic carbocycles. The molecule has 146 valence electrons. The second-order valence-electron chi connectivity index (χ2n) is 7.01. The Morgan fingerprint density at radius 2 is 2.04 bits per heavy atom. The normalized spacial score (nSPS) is 15.8. The third kappa shape index (κ3) is 3.83. The van der Waals surface area contributed by atoms with Gasteiger partial charge in [0, 0.05) is 28.9 Å². The van der Waals surface area contributed by atoms with Gasteiger partial charge in [0.25, 0.3) is 5.56 Å².